The lowest BCUT2D eigenvalue weighted by molar-refractivity contribution is 0.877. The molecule has 0 spiro atoms. The monoisotopic (exact) mass is 252 g/mol. The SMILES string of the molecule is CCCC[SiH](Cl)CC=CCc1ccccc1. The van der Waals surface area contributed by atoms with Crippen LogP contribution in [0.1, 0.15) is 25.3 Å². The first-order valence-corrected chi connectivity index (χ1v) is 9.53. The summed E-state index contributed by atoms with van der Waals surface area (Å²) in [6.45, 7) is 2.23. The Hall–Kier alpha value is -0.533. The van der Waals surface area contributed by atoms with E-state index in [-0.39, 0.29) is 0 Å². The van der Waals surface area contributed by atoms with E-state index in [1.54, 1.807) is 0 Å². The lowest BCUT2D eigenvalue weighted by atomic mass is 10.1. The molecular formula is C14H21ClSi. The van der Waals surface area contributed by atoms with Crippen LogP contribution in [-0.2, 0) is 6.42 Å². The van der Waals surface area contributed by atoms with Crippen molar-refractivity contribution in [2.24, 2.45) is 0 Å². The molecule has 1 aromatic carbocycles. The van der Waals surface area contributed by atoms with Crippen LogP contribution in [-0.4, -0.2) is 8.11 Å². The molecule has 0 fully saturated rings. The van der Waals surface area contributed by atoms with E-state index in [9.17, 15) is 0 Å². The van der Waals surface area contributed by atoms with Crippen LogP contribution in [0.2, 0.25) is 12.1 Å². The molecule has 0 aliphatic carbocycles. The zero-order chi connectivity index (χ0) is 11.6. The molecule has 0 heterocycles. The summed E-state index contributed by atoms with van der Waals surface area (Å²) in [5, 5.41) is 0. The zero-order valence-corrected chi connectivity index (χ0v) is 11.9. The van der Waals surface area contributed by atoms with Crippen LogP contribution < -0.4 is 0 Å². The van der Waals surface area contributed by atoms with E-state index in [0.29, 0.717) is 0 Å². The van der Waals surface area contributed by atoms with Gasteiger partial charge in [-0.25, -0.2) is 0 Å². The van der Waals surface area contributed by atoms with Gasteiger partial charge in [0.1, 0.15) is 8.11 Å². The predicted octanol–water partition coefficient (Wildman–Crippen LogP) is 4.55. The maximum absolute atomic E-state index is 6.33. The quantitative estimate of drug-likeness (QED) is 0.380. The van der Waals surface area contributed by atoms with E-state index in [4.69, 9.17) is 11.1 Å². The Morgan fingerprint density at radius 3 is 2.62 bits per heavy atom. The van der Waals surface area contributed by atoms with E-state index in [1.165, 1.54) is 24.4 Å². The van der Waals surface area contributed by atoms with Crippen LogP contribution in [0.15, 0.2) is 42.5 Å². The molecule has 1 rings (SSSR count). The Labute approximate surface area is 106 Å². The Bertz CT molecular complexity index is 295. The highest BCUT2D eigenvalue weighted by Crippen LogP contribution is 2.10. The van der Waals surface area contributed by atoms with Gasteiger partial charge in [0.05, 0.1) is 0 Å². The number of allylic oxidation sites excluding steroid dienone is 2. The average molecular weight is 253 g/mol. The summed E-state index contributed by atoms with van der Waals surface area (Å²) in [6, 6.07) is 13.0. The number of rotatable bonds is 7. The van der Waals surface area contributed by atoms with Gasteiger partial charge in [-0.1, -0.05) is 62.2 Å². The third-order valence-electron chi connectivity index (χ3n) is 2.63. The molecule has 0 aliphatic heterocycles. The lowest BCUT2D eigenvalue weighted by Gasteiger charge is -2.02. The zero-order valence-electron chi connectivity index (χ0n) is 10.0. The highest BCUT2D eigenvalue weighted by molar-refractivity contribution is 7.07. The second-order valence-electron chi connectivity index (χ2n) is 4.14. The first-order chi connectivity index (χ1) is 7.83. The fourth-order valence-electron chi connectivity index (χ4n) is 1.62. The number of benzene rings is 1. The summed E-state index contributed by atoms with van der Waals surface area (Å²) in [5.74, 6) is 0. The molecule has 0 amide bonds. The fraction of sp³-hybridized carbons (Fsp3) is 0.429. The minimum atomic E-state index is -0.960. The second kappa shape index (κ2) is 8.60. The van der Waals surface area contributed by atoms with E-state index >= 15 is 0 Å². The molecule has 0 aliphatic rings. The molecule has 0 bridgehead atoms. The average Bonchev–Trinajstić information content (AvgIpc) is 2.33. The first-order valence-electron chi connectivity index (χ1n) is 6.16. The fourth-order valence-corrected chi connectivity index (χ4v) is 3.97. The normalized spacial score (nSPS) is 13.1. The first kappa shape index (κ1) is 13.5. The summed E-state index contributed by atoms with van der Waals surface area (Å²) in [7, 11) is -0.960. The number of hydrogen-bond acceptors (Lipinski definition) is 0. The molecule has 0 radical (unpaired) electrons. The van der Waals surface area contributed by atoms with Crippen molar-refractivity contribution in [3.63, 3.8) is 0 Å². The molecule has 88 valence electrons. The lowest BCUT2D eigenvalue weighted by Crippen LogP contribution is -2.00. The van der Waals surface area contributed by atoms with E-state index in [2.05, 4.69) is 49.4 Å². The van der Waals surface area contributed by atoms with E-state index in [1.807, 2.05) is 0 Å². The van der Waals surface area contributed by atoms with Crippen molar-refractivity contribution in [1.29, 1.82) is 0 Å². The Morgan fingerprint density at radius 1 is 1.19 bits per heavy atom. The highest BCUT2D eigenvalue weighted by atomic mass is 35.6. The van der Waals surface area contributed by atoms with Gasteiger partial charge < -0.3 is 0 Å². The topological polar surface area (TPSA) is 0 Å². The van der Waals surface area contributed by atoms with Crippen molar-refractivity contribution >= 4 is 19.2 Å². The van der Waals surface area contributed by atoms with Gasteiger partial charge in [-0.05, 0) is 24.1 Å². The van der Waals surface area contributed by atoms with Crippen LogP contribution in [0.5, 0.6) is 0 Å². The molecule has 0 saturated carbocycles. The largest absolute Gasteiger partial charge is 0.171 e. The van der Waals surface area contributed by atoms with Crippen molar-refractivity contribution < 1.29 is 0 Å². The van der Waals surface area contributed by atoms with Crippen molar-refractivity contribution in [3.05, 3.63) is 48.0 Å². The third-order valence-corrected chi connectivity index (χ3v) is 5.63. The highest BCUT2D eigenvalue weighted by Gasteiger charge is 2.02. The molecule has 0 saturated heterocycles. The van der Waals surface area contributed by atoms with Crippen LogP contribution in [0.25, 0.3) is 0 Å². The van der Waals surface area contributed by atoms with E-state index < -0.39 is 8.11 Å². The van der Waals surface area contributed by atoms with Gasteiger partial charge in [-0.3, -0.25) is 0 Å². The summed E-state index contributed by atoms with van der Waals surface area (Å²) < 4.78 is 0. The van der Waals surface area contributed by atoms with Crippen LogP contribution in [0.3, 0.4) is 0 Å². The maximum Gasteiger partial charge on any atom is 0.144 e. The molecular weight excluding hydrogens is 232 g/mol. The molecule has 0 N–H and O–H groups in total. The third kappa shape index (κ3) is 6.14. The second-order valence-corrected chi connectivity index (χ2v) is 8.23. The van der Waals surface area contributed by atoms with Gasteiger partial charge in [0, 0.05) is 0 Å². The van der Waals surface area contributed by atoms with Crippen molar-refractivity contribution in [1.82, 2.24) is 0 Å². The summed E-state index contributed by atoms with van der Waals surface area (Å²) in [5.41, 5.74) is 1.38. The molecule has 2 heteroatoms. The summed E-state index contributed by atoms with van der Waals surface area (Å²) >= 11 is 6.33. The number of hydrogen-bond donors (Lipinski definition) is 0. The Balaban J connectivity index is 2.18. The molecule has 16 heavy (non-hydrogen) atoms. The Kier molecular flexibility index (Phi) is 7.27. The maximum atomic E-state index is 6.33. The van der Waals surface area contributed by atoms with Gasteiger partial charge in [0.2, 0.25) is 0 Å². The molecule has 0 nitrogen and oxygen atoms in total. The van der Waals surface area contributed by atoms with Gasteiger partial charge in [0.25, 0.3) is 0 Å². The van der Waals surface area contributed by atoms with Crippen LogP contribution in [0.4, 0.5) is 0 Å². The molecule has 1 atom stereocenters. The van der Waals surface area contributed by atoms with Crippen molar-refractivity contribution in [2.45, 2.75) is 38.3 Å². The molecule has 1 unspecified atom stereocenters. The Morgan fingerprint density at radius 2 is 1.94 bits per heavy atom. The minimum absolute atomic E-state index is 0.960. The van der Waals surface area contributed by atoms with Gasteiger partial charge in [0.15, 0.2) is 0 Å². The van der Waals surface area contributed by atoms with Crippen molar-refractivity contribution in [3.8, 4) is 0 Å². The smallest absolute Gasteiger partial charge is 0.144 e. The number of halogens is 1. The van der Waals surface area contributed by atoms with Gasteiger partial charge >= 0.3 is 0 Å². The standard InChI is InChI=1S/C14H21ClSi/c1-2-3-12-16(15)13-8-7-11-14-9-5-4-6-10-14/h4-10,16H,2-3,11-13H2,1H3. The summed E-state index contributed by atoms with van der Waals surface area (Å²) in [6.07, 6.45) is 8.12. The van der Waals surface area contributed by atoms with Crippen LogP contribution >= 0.6 is 11.1 Å². The minimum Gasteiger partial charge on any atom is -0.171 e. The van der Waals surface area contributed by atoms with Crippen molar-refractivity contribution in [2.75, 3.05) is 0 Å². The summed E-state index contributed by atoms with van der Waals surface area (Å²) in [4.78, 5) is 0. The molecule has 0 aromatic heterocycles. The number of unbranched alkanes of at least 4 members (excludes halogenated alkanes) is 1. The van der Waals surface area contributed by atoms with Gasteiger partial charge in [-0.2, -0.15) is 11.1 Å². The predicted molar refractivity (Wildman–Crippen MR) is 76.8 cm³/mol. The van der Waals surface area contributed by atoms with Crippen LogP contribution in [0, 0.1) is 0 Å². The van der Waals surface area contributed by atoms with Gasteiger partial charge in [-0.15, -0.1) is 0 Å². The molecule has 1 aromatic rings. The van der Waals surface area contributed by atoms with E-state index in [0.717, 1.165) is 12.5 Å².